The molecule has 55 heavy (non-hydrogen) atoms. The van der Waals surface area contributed by atoms with Gasteiger partial charge in [0.1, 0.15) is 11.2 Å². The van der Waals surface area contributed by atoms with Crippen molar-refractivity contribution < 1.29 is 4.42 Å². The minimum atomic E-state index is 0.700. The van der Waals surface area contributed by atoms with Crippen LogP contribution in [0.25, 0.3) is 110 Å². The van der Waals surface area contributed by atoms with Crippen LogP contribution >= 0.6 is 0 Å². The molecule has 0 radical (unpaired) electrons. The molecule has 0 aliphatic rings. The zero-order valence-electron chi connectivity index (χ0n) is 29.8. The van der Waals surface area contributed by atoms with Crippen molar-refractivity contribution in [1.29, 1.82) is 0 Å². The molecule has 0 aliphatic carbocycles. The summed E-state index contributed by atoms with van der Waals surface area (Å²) in [6.07, 6.45) is 0. The van der Waals surface area contributed by atoms with Gasteiger partial charge < -0.3 is 4.42 Å². The van der Waals surface area contributed by atoms with Gasteiger partial charge in [0.05, 0.1) is 11.4 Å². The fourth-order valence-electron chi connectivity index (χ4n) is 8.14. The zero-order valence-corrected chi connectivity index (χ0v) is 29.8. The molecule has 0 aliphatic heterocycles. The smallest absolute Gasteiger partial charge is 0.161 e. The first-order valence-corrected chi connectivity index (χ1v) is 18.6. The fraction of sp³-hybridized carbons (Fsp3) is 0. The lowest BCUT2D eigenvalue weighted by Crippen LogP contribution is -1.98. The van der Waals surface area contributed by atoms with Crippen LogP contribution in [0, 0.1) is 0 Å². The van der Waals surface area contributed by atoms with Gasteiger partial charge in [0, 0.05) is 27.5 Å². The molecule has 0 saturated heterocycles. The molecular weight excluding hydrogens is 669 g/mol. The number of nitrogens with zero attached hydrogens (tertiary/aromatic N) is 2. The maximum Gasteiger partial charge on any atom is 0.161 e. The highest BCUT2D eigenvalue weighted by Crippen LogP contribution is 2.40. The largest absolute Gasteiger partial charge is 0.456 e. The lowest BCUT2D eigenvalue weighted by Gasteiger charge is -2.15. The number of aromatic nitrogens is 2. The Balaban J connectivity index is 1.12. The van der Waals surface area contributed by atoms with Crippen molar-refractivity contribution in [2.24, 2.45) is 0 Å². The molecule has 0 atom stereocenters. The molecule has 0 N–H and O–H groups in total. The maximum absolute atomic E-state index is 6.27. The second-order valence-corrected chi connectivity index (χ2v) is 14.1. The molecule has 2 aromatic heterocycles. The van der Waals surface area contributed by atoms with Crippen molar-refractivity contribution in [2.75, 3.05) is 0 Å². The average Bonchev–Trinajstić information content (AvgIpc) is 3.64. The molecule has 0 saturated carbocycles. The SMILES string of the molecule is c1ccc(-c2ccc(-c3cc(-c4cccc(-c5ccc6c(c5)oc5ccccc56)c4)nc(-c4c5ccccc5cc5c4ccc4ccccc45)n3)cc2)cc1. The van der Waals surface area contributed by atoms with Gasteiger partial charge in [-0.1, -0.05) is 158 Å². The Bertz CT molecular complexity index is 3250. The van der Waals surface area contributed by atoms with Gasteiger partial charge in [-0.15, -0.1) is 0 Å². The third-order valence-corrected chi connectivity index (χ3v) is 10.9. The van der Waals surface area contributed by atoms with E-state index in [1.54, 1.807) is 0 Å². The summed E-state index contributed by atoms with van der Waals surface area (Å²) < 4.78 is 6.27. The van der Waals surface area contributed by atoms with Crippen molar-refractivity contribution >= 4 is 54.3 Å². The second-order valence-electron chi connectivity index (χ2n) is 14.1. The number of rotatable bonds is 5. The molecule has 0 unspecified atom stereocenters. The van der Waals surface area contributed by atoms with Crippen LogP contribution in [0.15, 0.2) is 199 Å². The predicted octanol–water partition coefficient (Wildman–Crippen LogP) is 14.2. The number of hydrogen-bond donors (Lipinski definition) is 0. The second kappa shape index (κ2) is 12.6. The van der Waals surface area contributed by atoms with Crippen molar-refractivity contribution in [3.8, 4) is 56.2 Å². The molecule has 11 aromatic rings. The summed E-state index contributed by atoms with van der Waals surface area (Å²) in [5.74, 6) is 0.700. The van der Waals surface area contributed by atoms with Crippen LogP contribution in [0.3, 0.4) is 0 Å². The number of fused-ring (bicyclic) bond motifs is 7. The first kappa shape index (κ1) is 31.2. The van der Waals surface area contributed by atoms with Gasteiger partial charge in [0.25, 0.3) is 0 Å². The molecule has 9 aromatic carbocycles. The lowest BCUT2D eigenvalue weighted by atomic mass is 9.92. The van der Waals surface area contributed by atoms with Crippen LogP contribution in [0.2, 0.25) is 0 Å². The Morgan fingerprint density at radius 2 is 0.873 bits per heavy atom. The highest BCUT2D eigenvalue weighted by Gasteiger charge is 2.18. The minimum absolute atomic E-state index is 0.700. The standard InChI is InChI=1S/C52H32N2O/c1-2-11-33(12-3-1)34-21-23-36(24-22-34)47-32-48(40-16-10-15-37(29-40)38-26-27-44-43-19-8-9-20-49(43)55-50(44)31-38)54-52(53-47)51-42-18-7-5-14-39(42)30-46-41-17-6-4-13-35(41)25-28-45(46)51/h1-32H. The number of para-hydroxylation sites is 1. The quantitative estimate of drug-likeness (QED) is 0.133. The number of furan rings is 1. The minimum Gasteiger partial charge on any atom is -0.456 e. The van der Waals surface area contributed by atoms with E-state index in [-0.39, 0.29) is 0 Å². The summed E-state index contributed by atoms with van der Waals surface area (Å²) >= 11 is 0. The summed E-state index contributed by atoms with van der Waals surface area (Å²) in [4.78, 5) is 10.8. The van der Waals surface area contributed by atoms with Gasteiger partial charge >= 0.3 is 0 Å². The van der Waals surface area contributed by atoms with E-state index in [4.69, 9.17) is 14.4 Å². The van der Waals surface area contributed by atoms with Crippen molar-refractivity contribution in [1.82, 2.24) is 9.97 Å². The molecule has 2 heterocycles. The van der Waals surface area contributed by atoms with E-state index in [1.807, 2.05) is 18.2 Å². The topological polar surface area (TPSA) is 38.9 Å². The van der Waals surface area contributed by atoms with Crippen LogP contribution in [-0.2, 0) is 0 Å². The van der Waals surface area contributed by atoms with Gasteiger partial charge in [-0.3, -0.25) is 0 Å². The number of benzene rings is 9. The monoisotopic (exact) mass is 700 g/mol. The molecule has 3 nitrogen and oxygen atoms in total. The van der Waals surface area contributed by atoms with Crippen molar-refractivity contribution in [2.45, 2.75) is 0 Å². The Labute approximate surface area is 317 Å². The summed E-state index contributed by atoms with van der Waals surface area (Å²) in [7, 11) is 0. The molecule has 0 amide bonds. The predicted molar refractivity (Wildman–Crippen MR) is 229 cm³/mol. The zero-order chi connectivity index (χ0) is 36.3. The highest BCUT2D eigenvalue weighted by atomic mass is 16.3. The first-order valence-electron chi connectivity index (χ1n) is 18.6. The van der Waals surface area contributed by atoms with Gasteiger partial charge in [0.15, 0.2) is 5.82 Å². The van der Waals surface area contributed by atoms with E-state index in [1.165, 1.54) is 27.3 Å². The van der Waals surface area contributed by atoms with E-state index in [9.17, 15) is 0 Å². The highest BCUT2D eigenvalue weighted by molar-refractivity contribution is 6.19. The Kier molecular flexibility index (Phi) is 7.17. The van der Waals surface area contributed by atoms with Crippen LogP contribution in [0.5, 0.6) is 0 Å². The Morgan fingerprint density at radius 3 is 1.73 bits per heavy atom. The molecule has 3 heteroatoms. The van der Waals surface area contributed by atoms with Gasteiger partial charge in [-0.05, 0) is 91.0 Å². The molecular formula is C52H32N2O. The summed E-state index contributed by atoms with van der Waals surface area (Å²) in [6.45, 7) is 0. The van der Waals surface area contributed by atoms with E-state index < -0.39 is 0 Å². The van der Waals surface area contributed by atoms with Crippen LogP contribution < -0.4 is 0 Å². The third kappa shape index (κ3) is 5.36. The fourth-order valence-corrected chi connectivity index (χ4v) is 8.14. The van der Waals surface area contributed by atoms with Crippen LogP contribution in [0.1, 0.15) is 0 Å². The van der Waals surface area contributed by atoms with E-state index in [0.717, 1.165) is 77.3 Å². The Morgan fingerprint density at radius 1 is 0.291 bits per heavy atom. The third-order valence-electron chi connectivity index (χ3n) is 10.9. The maximum atomic E-state index is 6.27. The lowest BCUT2D eigenvalue weighted by molar-refractivity contribution is 0.669. The molecule has 0 spiro atoms. The van der Waals surface area contributed by atoms with Crippen LogP contribution in [0.4, 0.5) is 0 Å². The summed E-state index contributed by atoms with van der Waals surface area (Å²) in [6, 6.07) is 68.6. The van der Waals surface area contributed by atoms with Crippen molar-refractivity contribution in [3.05, 3.63) is 194 Å². The van der Waals surface area contributed by atoms with E-state index in [0.29, 0.717) is 5.82 Å². The number of hydrogen-bond acceptors (Lipinski definition) is 3. The molecule has 256 valence electrons. The summed E-state index contributed by atoms with van der Waals surface area (Å²) in [5.41, 5.74) is 11.1. The average molecular weight is 701 g/mol. The first-order chi connectivity index (χ1) is 27.2. The van der Waals surface area contributed by atoms with Gasteiger partial charge in [0.2, 0.25) is 0 Å². The molecule has 0 bridgehead atoms. The summed E-state index contributed by atoms with van der Waals surface area (Å²) in [5, 5.41) is 9.29. The molecule has 0 fully saturated rings. The normalized spacial score (nSPS) is 11.6. The van der Waals surface area contributed by atoms with Crippen molar-refractivity contribution in [3.63, 3.8) is 0 Å². The van der Waals surface area contributed by atoms with E-state index >= 15 is 0 Å². The van der Waals surface area contributed by atoms with Crippen LogP contribution in [-0.4, -0.2) is 9.97 Å². The van der Waals surface area contributed by atoms with E-state index in [2.05, 4.69) is 176 Å². The van der Waals surface area contributed by atoms with Gasteiger partial charge in [-0.2, -0.15) is 0 Å². The Hall–Kier alpha value is -7.36. The molecule has 11 rings (SSSR count). The van der Waals surface area contributed by atoms with Gasteiger partial charge in [-0.25, -0.2) is 9.97 Å².